The number of H-pyrrole nitrogens is 1. The van der Waals surface area contributed by atoms with E-state index in [9.17, 15) is 4.79 Å². The summed E-state index contributed by atoms with van der Waals surface area (Å²) in [7, 11) is 0. The van der Waals surface area contributed by atoms with Crippen LogP contribution in [0.4, 0.5) is 5.69 Å². The number of hydrogen-bond donors (Lipinski definition) is 2. The molecule has 0 aliphatic heterocycles. The van der Waals surface area contributed by atoms with E-state index in [1.807, 2.05) is 0 Å². The quantitative estimate of drug-likeness (QED) is 0.751. The number of aromatic amines is 1. The van der Waals surface area contributed by atoms with E-state index in [1.165, 1.54) is 11.8 Å². The lowest BCUT2D eigenvalue weighted by atomic mass is 10.1. The molecule has 0 aliphatic carbocycles. The molecule has 0 unspecified atom stereocenters. The van der Waals surface area contributed by atoms with Gasteiger partial charge in [-0.15, -0.1) is 0 Å². The molecule has 0 spiro atoms. The van der Waals surface area contributed by atoms with Crippen molar-refractivity contribution in [3.8, 4) is 0 Å². The average Bonchev–Trinajstić information content (AvgIpc) is 3.10. The molecule has 0 fully saturated rings. The Kier molecular flexibility index (Phi) is 4.06. The van der Waals surface area contributed by atoms with Crippen molar-refractivity contribution in [2.45, 2.75) is 13.5 Å². The largest absolute Gasteiger partial charge is 0.318 e. The molecule has 1 amide bonds. The molecule has 22 heavy (non-hydrogen) atoms. The third-order valence-corrected chi connectivity index (χ3v) is 3.78. The fourth-order valence-electron chi connectivity index (χ4n) is 2.02. The van der Waals surface area contributed by atoms with Gasteiger partial charge in [-0.1, -0.05) is 29.8 Å². The van der Waals surface area contributed by atoms with Gasteiger partial charge in [0.15, 0.2) is 0 Å². The number of hydrogen-bond acceptors (Lipinski definition) is 3. The maximum absolute atomic E-state index is 12.1. The van der Waals surface area contributed by atoms with Crippen LogP contribution in [0.25, 0.3) is 0 Å². The minimum absolute atomic E-state index is 0.265. The summed E-state index contributed by atoms with van der Waals surface area (Å²) in [5, 5.41) is 13.5. The van der Waals surface area contributed by atoms with Crippen LogP contribution in [0, 0.1) is 6.92 Å². The molecule has 6 nitrogen and oxygen atoms in total. The number of amides is 1. The predicted molar refractivity (Wildman–Crippen MR) is 86.7 cm³/mol. The lowest BCUT2D eigenvalue weighted by Gasteiger charge is -2.02. The summed E-state index contributed by atoms with van der Waals surface area (Å²) in [6.07, 6.45) is 4.95. The van der Waals surface area contributed by atoms with E-state index < -0.39 is 0 Å². The first-order valence-electron chi connectivity index (χ1n) is 6.70. The number of aryl methyl sites for hydroxylation is 1. The molecule has 2 aromatic heterocycles. The van der Waals surface area contributed by atoms with Gasteiger partial charge in [0.1, 0.15) is 5.69 Å². The van der Waals surface area contributed by atoms with Crippen LogP contribution >= 0.6 is 15.9 Å². The van der Waals surface area contributed by atoms with Crippen LogP contribution in [0.3, 0.4) is 0 Å². The van der Waals surface area contributed by atoms with Crippen molar-refractivity contribution >= 4 is 27.5 Å². The van der Waals surface area contributed by atoms with Gasteiger partial charge in [0.05, 0.1) is 29.1 Å². The maximum Gasteiger partial charge on any atom is 0.274 e. The van der Waals surface area contributed by atoms with E-state index in [2.05, 4.69) is 67.7 Å². The zero-order valence-corrected chi connectivity index (χ0v) is 13.5. The molecule has 112 valence electrons. The second kappa shape index (κ2) is 6.15. The summed E-state index contributed by atoms with van der Waals surface area (Å²) in [4.78, 5) is 12.1. The highest BCUT2D eigenvalue weighted by atomic mass is 79.9. The van der Waals surface area contributed by atoms with Gasteiger partial charge in [0.25, 0.3) is 5.91 Å². The van der Waals surface area contributed by atoms with Gasteiger partial charge < -0.3 is 5.32 Å². The number of anilines is 1. The number of nitrogens with one attached hydrogen (secondary N) is 2. The van der Waals surface area contributed by atoms with Crippen molar-refractivity contribution in [3.05, 3.63) is 64.1 Å². The molecular formula is C15H14BrN5O. The average molecular weight is 360 g/mol. The Morgan fingerprint density at radius 3 is 2.77 bits per heavy atom. The van der Waals surface area contributed by atoms with Crippen LogP contribution < -0.4 is 5.32 Å². The number of carbonyl (C=O) groups excluding carboxylic acids is 1. The molecule has 0 aliphatic rings. The van der Waals surface area contributed by atoms with E-state index in [1.54, 1.807) is 17.1 Å². The summed E-state index contributed by atoms with van der Waals surface area (Å²) in [6, 6.07) is 8.27. The molecule has 0 saturated heterocycles. The number of carbonyl (C=O) groups is 1. The van der Waals surface area contributed by atoms with Gasteiger partial charge in [-0.3, -0.25) is 14.6 Å². The number of nitrogens with zero attached hydrogens (tertiary/aromatic N) is 3. The van der Waals surface area contributed by atoms with Crippen molar-refractivity contribution in [3.63, 3.8) is 0 Å². The Balaban J connectivity index is 1.67. The molecule has 2 heterocycles. The van der Waals surface area contributed by atoms with Gasteiger partial charge >= 0.3 is 0 Å². The first-order chi connectivity index (χ1) is 10.6. The van der Waals surface area contributed by atoms with Crippen LogP contribution in [-0.2, 0) is 6.54 Å². The molecule has 0 bridgehead atoms. The molecule has 3 aromatic rings. The van der Waals surface area contributed by atoms with Crippen molar-refractivity contribution in [2.75, 3.05) is 5.32 Å². The van der Waals surface area contributed by atoms with Crippen molar-refractivity contribution in [2.24, 2.45) is 0 Å². The topological polar surface area (TPSA) is 75.6 Å². The highest BCUT2D eigenvalue weighted by molar-refractivity contribution is 9.10. The Labute approximate surface area is 135 Å². The minimum atomic E-state index is -0.265. The second-order valence-electron chi connectivity index (χ2n) is 4.96. The van der Waals surface area contributed by atoms with Crippen LogP contribution in [0.1, 0.15) is 21.6 Å². The number of halogens is 1. The standard InChI is InChI=1S/C15H14BrN5O/c1-10-2-4-11(5-3-10)8-21-9-12(6-18-21)19-15(22)14-13(16)7-17-20-14/h2-7,9H,8H2,1H3,(H,17,20)(H,19,22). The summed E-state index contributed by atoms with van der Waals surface area (Å²) in [5.74, 6) is -0.265. The summed E-state index contributed by atoms with van der Waals surface area (Å²) in [5.41, 5.74) is 3.40. The molecule has 2 N–H and O–H groups in total. The predicted octanol–water partition coefficient (Wildman–Crippen LogP) is 2.98. The zero-order chi connectivity index (χ0) is 15.5. The number of rotatable bonds is 4. The van der Waals surface area contributed by atoms with E-state index in [4.69, 9.17) is 0 Å². The van der Waals surface area contributed by atoms with Gasteiger partial charge in [-0.05, 0) is 28.4 Å². The summed E-state index contributed by atoms with van der Waals surface area (Å²) < 4.78 is 2.40. The molecule has 7 heteroatoms. The minimum Gasteiger partial charge on any atom is -0.318 e. The first kappa shape index (κ1) is 14.5. The number of benzene rings is 1. The molecular weight excluding hydrogens is 346 g/mol. The maximum atomic E-state index is 12.1. The highest BCUT2D eigenvalue weighted by Gasteiger charge is 2.13. The fourth-order valence-corrected chi connectivity index (χ4v) is 2.39. The van der Waals surface area contributed by atoms with Crippen LogP contribution in [0.5, 0.6) is 0 Å². The molecule has 1 aromatic carbocycles. The van der Waals surface area contributed by atoms with Gasteiger partial charge in [0, 0.05) is 6.20 Å². The first-order valence-corrected chi connectivity index (χ1v) is 7.49. The van der Waals surface area contributed by atoms with E-state index in [0.717, 1.165) is 5.56 Å². The monoisotopic (exact) mass is 359 g/mol. The van der Waals surface area contributed by atoms with Crippen molar-refractivity contribution in [1.82, 2.24) is 20.0 Å². The molecule has 3 rings (SSSR count). The van der Waals surface area contributed by atoms with Crippen LogP contribution in [0.2, 0.25) is 0 Å². The SMILES string of the molecule is Cc1ccc(Cn2cc(NC(=O)c3[nH]ncc3Br)cn2)cc1. The lowest BCUT2D eigenvalue weighted by molar-refractivity contribution is 0.102. The Bertz CT molecular complexity index is 790. The van der Waals surface area contributed by atoms with Crippen LogP contribution in [-0.4, -0.2) is 25.9 Å². The van der Waals surface area contributed by atoms with Gasteiger partial charge in [-0.2, -0.15) is 10.2 Å². The smallest absolute Gasteiger partial charge is 0.274 e. The Morgan fingerprint density at radius 1 is 1.32 bits per heavy atom. The lowest BCUT2D eigenvalue weighted by Crippen LogP contribution is -2.12. The third kappa shape index (κ3) is 3.25. The highest BCUT2D eigenvalue weighted by Crippen LogP contribution is 2.15. The van der Waals surface area contributed by atoms with Crippen molar-refractivity contribution in [1.29, 1.82) is 0 Å². The summed E-state index contributed by atoms with van der Waals surface area (Å²) >= 11 is 3.26. The van der Waals surface area contributed by atoms with E-state index in [0.29, 0.717) is 22.4 Å². The van der Waals surface area contributed by atoms with E-state index in [-0.39, 0.29) is 5.91 Å². The summed E-state index contributed by atoms with van der Waals surface area (Å²) in [6.45, 7) is 2.71. The van der Waals surface area contributed by atoms with Crippen molar-refractivity contribution < 1.29 is 4.79 Å². The molecule has 0 radical (unpaired) electrons. The molecule has 0 atom stereocenters. The Morgan fingerprint density at radius 2 is 2.09 bits per heavy atom. The van der Waals surface area contributed by atoms with Crippen LogP contribution in [0.15, 0.2) is 47.3 Å². The van der Waals surface area contributed by atoms with E-state index >= 15 is 0 Å². The fraction of sp³-hybridized carbons (Fsp3) is 0.133. The van der Waals surface area contributed by atoms with Gasteiger partial charge in [0.2, 0.25) is 0 Å². The normalized spacial score (nSPS) is 10.6. The third-order valence-electron chi connectivity index (χ3n) is 3.18. The number of aromatic nitrogens is 4. The Hall–Kier alpha value is -2.41. The molecule has 0 saturated carbocycles. The zero-order valence-electron chi connectivity index (χ0n) is 11.9. The second-order valence-corrected chi connectivity index (χ2v) is 5.81. The van der Waals surface area contributed by atoms with Gasteiger partial charge in [-0.25, -0.2) is 0 Å².